The molecule has 1 aromatic heterocycles. The van der Waals surface area contributed by atoms with E-state index in [0.29, 0.717) is 0 Å². The van der Waals surface area contributed by atoms with Gasteiger partial charge >= 0.3 is 0 Å². The molecule has 0 N–H and O–H groups in total. The predicted molar refractivity (Wildman–Crippen MR) is 140 cm³/mol. The van der Waals surface area contributed by atoms with Crippen LogP contribution in [0.15, 0.2) is 83.9 Å². The molecule has 0 radical (unpaired) electrons. The fourth-order valence-corrected chi connectivity index (χ4v) is 4.22. The van der Waals surface area contributed by atoms with Gasteiger partial charge in [0.1, 0.15) is 0 Å². The maximum atomic E-state index is 4.93. The van der Waals surface area contributed by atoms with Gasteiger partial charge in [-0.2, -0.15) is 4.33 Å². The zero-order valence-corrected chi connectivity index (χ0v) is 20.6. The van der Waals surface area contributed by atoms with Crippen LogP contribution in [0.1, 0.15) is 44.4 Å². The Kier molecular flexibility index (Phi) is 6.99. The van der Waals surface area contributed by atoms with Crippen LogP contribution >= 0.6 is 12.0 Å². The molecule has 0 spiro atoms. The molecule has 3 nitrogen and oxygen atoms in total. The van der Waals surface area contributed by atoms with Crippen LogP contribution in [-0.2, 0) is 14.6 Å². The van der Waals surface area contributed by atoms with Gasteiger partial charge in [0, 0.05) is 22.0 Å². The number of nitrogens with zero attached hydrogens (tertiary/aromatic N) is 1. The van der Waals surface area contributed by atoms with Gasteiger partial charge < -0.3 is 0 Å². The number of hydrogen-bond donors (Lipinski definition) is 0. The molecule has 0 unspecified atom stereocenters. The van der Waals surface area contributed by atoms with Gasteiger partial charge in [0.2, 0.25) is 0 Å². The molecular formula is C29H29NO2S. The predicted octanol–water partition coefficient (Wildman–Crippen LogP) is 8.34. The third-order valence-electron chi connectivity index (χ3n) is 5.66. The Balaban J connectivity index is 1.71. The van der Waals surface area contributed by atoms with Gasteiger partial charge in [-0.15, -0.1) is 0 Å². The molecule has 1 heterocycles. The van der Waals surface area contributed by atoms with E-state index in [1.165, 1.54) is 52.4 Å². The minimum Gasteiger partial charge on any atom is -0.256 e. The van der Waals surface area contributed by atoms with Gasteiger partial charge in [0.15, 0.2) is 0 Å². The molecule has 0 aliphatic heterocycles. The number of allylic oxidation sites excluding steroid dienone is 1. The average molecular weight is 456 g/mol. The molecule has 0 aliphatic carbocycles. The first kappa shape index (κ1) is 23.2. The summed E-state index contributed by atoms with van der Waals surface area (Å²) in [5.41, 5.74) is 8.29. The minimum absolute atomic E-state index is 0.0611. The van der Waals surface area contributed by atoms with Crippen molar-refractivity contribution in [2.75, 3.05) is 7.11 Å². The number of pyridine rings is 1. The number of fused-ring (bicyclic) bond motifs is 1. The molecule has 0 atom stereocenters. The molecule has 0 saturated heterocycles. The van der Waals surface area contributed by atoms with Crippen LogP contribution in [-0.4, -0.2) is 12.1 Å². The van der Waals surface area contributed by atoms with Crippen LogP contribution in [0.5, 0.6) is 0 Å². The summed E-state index contributed by atoms with van der Waals surface area (Å²) in [6, 6.07) is 25.7. The summed E-state index contributed by atoms with van der Waals surface area (Å²) in [7, 11) is 1.50. The number of hydrogen-bond acceptors (Lipinski definition) is 4. The number of benzene rings is 3. The Hall–Kier alpha value is -2.92. The van der Waals surface area contributed by atoms with E-state index < -0.39 is 0 Å². The lowest BCUT2D eigenvalue weighted by Crippen LogP contribution is -2.11. The lowest BCUT2D eigenvalue weighted by molar-refractivity contribution is -0.160. The minimum atomic E-state index is 0.0611. The lowest BCUT2D eigenvalue weighted by atomic mass is 9.84. The van der Waals surface area contributed by atoms with Crippen molar-refractivity contribution >= 4 is 34.6 Å². The van der Waals surface area contributed by atoms with Crippen molar-refractivity contribution in [2.45, 2.75) is 38.0 Å². The van der Waals surface area contributed by atoms with Crippen molar-refractivity contribution < 1.29 is 9.22 Å². The van der Waals surface area contributed by atoms with Crippen molar-refractivity contribution in [3.05, 3.63) is 95.7 Å². The molecule has 4 heteroatoms. The summed E-state index contributed by atoms with van der Waals surface area (Å²) in [6.45, 7) is 8.89. The second kappa shape index (κ2) is 9.92. The third kappa shape index (κ3) is 5.53. The quantitative estimate of drug-likeness (QED) is 0.126. The van der Waals surface area contributed by atoms with E-state index in [1.54, 1.807) is 0 Å². The van der Waals surface area contributed by atoms with Gasteiger partial charge in [-0.05, 0) is 76.6 Å². The molecule has 0 bridgehead atoms. The first-order valence-corrected chi connectivity index (χ1v) is 11.7. The van der Waals surface area contributed by atoms with Crippen LogP contribution in [0.3, 0.4) is 0 Å². The SMILES string of the molecule is COOSc1ccc(/C(C)=C\c2cccc(-c3cc(C(C)(C)C)cc4cccnc34)c2)cc1. The van der Waals surface area contributed by atoms with Crippen molar-refractivity contribution in [2.24, 2.45) is 0 Å². The van der Waals surface area contributed by atoms with Crippen LogP contribution in [0, 0.1) is 0 Å². The van der Waals surface area contributed by atoms with E-state index in [9.17, 15) is 0 Å². The van der Waals surface area contributed by atoms with Crippen LogP contribution in [0.4, 0.5) is 0 Å². The Morgan fingerprint density at radius 3 is 2.45 bits per heavy atom. The number of rotatable bonds is 6. The van der Waals surface area contributed by atoms with Crippen LogP contribution in [0.25, 0.3) is 33.7 Å². The molecule has 168 valence electrons. The Bertz CT molecular complexity index is 1290. The molecule has 0 aliphatic rings. The van der Waals surface area contributed by atoms with Gasteiger partial charge in [-0.1, -0.05) is 63.2 Å². The van der Waals surface area contributed by atoms with E-state index in [2.05, 4.69) is 93.3 Å². The lowest BCUT2D eigenvalue weighted by Gasteiger charge is -2.21. The second-order valence-electron chi connectivity index (χ2n) is 9.14. The third-order valence-corrected chi connectivity index (χ3v) is 6.33. The summed E-state index contributed by atoms with van der Waals surface area (Å²) < 4.78 is 4.93. The van der Waals surface area contributed by atoms with Gasteiger partial charge in [-0.3, -0.25) is 4.98 Å². The molecule has 33 heavy (non-hydrogen) atoms. The zero-order chi connectivity index (χ0) is 23.4. The van der Waals surface area contributed by atoms with Gasteiger partial charge in [0.05, 0.1) is 24.7 Å². The first-order chi connectivity index (χ1) is 15.8. The highest BCUT2D eigenvalue weighted by Crippen LogP contribution is 2.34. The van der Waals surface area contributed by atoms with Crippen molar-refractivity contribution in [3.8, 4) is 11.1 Å². The molecular weight excluding hydrogens is 426 g/mol. The van der Waals surface area contributed by atoms with Gasteiger partial charge in [-0.25, -0.2) is 4.89 Å². The molecule has 0 saturated carbocycles. The van der Waals surface area contributed by atoms with E-state index in [0.717, 1.165) is 16.0 Å². The molecule has 4 aromatic rings. The van der Waals surface area contributed by atoms with Crippen LogP contribution in [0.2, 0.25) is 0 Å². The molecule has 0 amide bonds. The largest absolute Gasteiger partial charge is 0.256 e. The Labute approximate surface area is 200 Å². The summed E-state index contributed by atoms with van der Waals surface area (Å²) in [4.78, 5) is 10.4. The van der Waals surface area contributed by atoms with E-state index in [-0.39, 0.29) is 5.41 Å². The zero-order valence-electron chi connectivity index (χ0n) is 19.8. The van der Waals surface area contributed by atoms with E-state index in [4.69, 9.17) is 9.32 Å². The van der Waals surface area contributed by atoms with Crippen LogP contribution < -0.4 is 0 Å². The van der Waals surface area contributed by atoms with Crippen molar-refractivity contribution in [3.63, 3.8) is 0 Å². The fourth-order valence-electron chi connectivity index (χ4n) is 3.82. The van der Waals surface area contributed by atoms with Gasteiger partial charge in [0.25, 0.3) is 0 Å². The van der Waals surface area contributed by atoms with E-state index in [1.807, 2.05) is 24.4 Å². The molecule has 0 fully saturated rings. The maximum Gasteiger partial charge on any atom is 0.0780 e. The normalized spacial score (nSPS) is 12.3. The maximum absolute atomic E-state index is 4.93. The standard InChI is InChI=1S/C29H29NO2S/c1-20(22-11-13-26(14-12-22)33-32-31-5)16-21-8-6-9-23(17-21)27-19-25(29(2,3)4)18-24-10-7-15-30-28(24)27/h6-19H,1-5H3/b20-16-. The van der Waals surface area contributed by atoms with Crippen molar-refractivity contribution in [1.82, 2.24) is 4.98 Å². The molecule has 4 rings (SSSR count). The summed E-state index contributed by atoms with van der Waals surface area (Å²) >= 11 is 1.20. The Morgan fingerprint density at radius 1 is 0.939 bits per heavy atom. The monoisotopic (exact) mass is 455 g/mol. The Morgan fingerprint density at radius 2 is 1.73 bits per heavy atom. The summed E-state index contributed by atoms with van der Waals surface area (Å²) in [5.74, 6) is 0. The molecule has 3 aromatic carbocycles. The van der Waals surface area contributed by atoms with Crippen molar-refractivity contribution in [1.29, 1.82) is 0 Å². The highest BCUT2D eigenvalue weighted by atomic mass is 32.2. The second-order valence-corrected chi connectivity index (χ2v) is 9.92. The highest BCUT2D eigenvalue weighted by Gasteiger charge is 2.17. The number of aromatic nitrogens is 1. The topological polar surface area (TPSA) is 31.4 Å². The average Bonchev–Trinajstić information content (AvgIpc) is 2.82. The van der Waals surface area contributed by atoms with E-state index >= 15 is 0 Å². The fraction of sp³-hybridized carbons (Fsp3) is 0.207. The first-order valence-electron chi connectivity index (χ1n) is 11.0. The summed E-state index contributed by atoms with van der Waals surface area (Å²) in [5, 5.41) is 1.17. The smallest absolute Gasteiger partial charge is 0.0780 e. The summed E-state index contributed by atoms with van der Waals surface area (Å²) in [6.07, 6.45) is 4.09. The highest BCUT2D eigenvalue weighted by molar-refractivity contribution is 7.94.